The highest BCUT2D eigenvalue weighted by atomic mass is 32.2. The molecule has 0 aliphatic carbocycles. The third kappa shape index (κ3) is 4.78. The van der Waals surface area contributed by atoms with Crippen LogP contribution in [0.1, 0.15) is 22.6 Å². The summed E-state index contributed by atoms with van der Waals surface area (Å²) >= 11 is 1.21. The van der Waals surface area contributed by atoms with E-state index in [-0.39, 0.29) is 11.7 Å². The van der Waals surface area contributed by atoms with Crippen LogP contribution in [0.2, 0.25) is 0 Å². The van der Waals surface area contributed by atoms with Gasteiger partial charge in [-0.1, -0.05) is 11.8 Å². The molecule has 0 aliphatic heterocycles. The fourth-order valence-electron chi connectivity index (χ4n) is 3.37. The molecule has 0 aliphatic rings. The van der Waals surface area contributed by atoms with E-state index in [1.54, 1.807) is 19.4 Å². The van der Waals surface area contributed by atoms with E-state index in [2.05, 4.69) is 26.6 Å². The van der Waals surface area contributed by atoms with Gasteiger partial charge in [-0.25, -0.2) is 4.98 Å². The van der Waals surface area contributed by atoms with E-state index in [4.69, 9.17) is 9.15 Å². The van der Waals surface area contributed by atoms with Crippen molar-refractivity contribution in [2.45, 2.75) is 25.5 Å². The van der Waals surface area contributed by atoms with Crippen LogP contribution in [0, 0.1) is 25.2 Å². The first-order chi connectivity index (χ1) is 16.0. The molecule has 0 radical (unpaired) electrons. The number of hydrogen-bond acceptors (Lipinski definition) is 7. The first-order valence-electron chi connectivity index (χ1n) is 10.1. The van der Waals surface area contributed by atoms with Crippen molar-refractivity contribution in [1.82, 2.24) is 19.7 Å². The molecule has 0 saturated carbocycles. The van der Waals surface area contributed by atoms with Crippen LogP contribution in [0.15, 0.2) is 52.2 Å². The molecular weight excluding hydrogens is 440 g/mol. The van der Waals surface area contributed by atoms with Gasteiger partial charge in [0.15, 0.2) is 5.82 Å². The number of anilines is 1. The maximum Gasteiger partial charge on any atom is 0.235 e. The Kier molecular flexibility index (Phi) is 6.51. The lowest BCUT2D eigenvalue weighted by atomic mass is 10.2. The molecule has 1 aromatic carbocycles. The number of methoxy groups -OCH3 is 1. The van der Waals surface area contributed by atoms with E-state index in [1.165, 1.54) is 11.8 Å². The maximum atomic E-state index is 12.7. The number of nitrogens with one attached hydrogen (secondary N) is 2. The third-order valence-electron chi connectivity index (χ3n) is 5.25. The summed E-state index contributed by atoms with van der Waals surface area (Å²) in [6.07, 6.45) is 1.60. The number of H-pyrrole nitrogens is 1. The maximum absolute atomic E-state index is 12.7. The minimum atomic E-state index is -0.259. The third-order valence-corrected chi connectivity index (χ3v) is 6.10. The SMILES string of the molecule is COc1ccc(-c2nc(SCC(=O)Nc3c(C#N)c(C)c(C)n3Cc3ccco3)n[nH]2)cc1. The fourth-order valence-corrected chi connectivity index (χ4v) is 3.97. The zero-order valence-corrected chi connectivity index (χ0v) is 19.2. The van der Waals surface area contributed by atoms with Crippen molar-refractivity contribution in [2.75, 3.05) is 18.2 Å². The van der Waals surface area contributed by atoms with Gasteiger partial charge in [-0.15, -0.1) is 5.10 Å². The highest BCUT2D eigenvalue weighted by molar-refractivity contribution is 7.99. The Labute approximate surface area is 194 Å². The van der Waals surface area contributed by atoms with Crippen LogP contribution in [0.25, 0.3) is 11.4 Å². The van der Waals surface area contributed by atoms with E-state index in [0.717, 1.165) is 28.3 Å². The number of hydrogen-bond donors (Lipinski definition) is 2. The Hall–Kier alpha value is -3.97. The molecule has 3 aromatic heterocycles. The lowest BCUT2D eigenvalue weighted by Gasteiger charge is -2.11. The quantitative estimate of drug-likeness (QED) is 0.377. The van der Waals surface area contributed by atoms with Crippen molar-refractivity contribution >= 4 is 23.5 Å². The Morgan fingerprint density at radius 1 is 1.30 bits per heavy atom. The number of benzene rings is 1. The minimum absolute atomic E-state index is 0.0921. The highest BCUT2D eigenvalue weighted by Gasteiger charge is 2.20. The second-order valence-corrected chi connectivity index (χ2v) is 8.19. The second kappa shape index (κ2) is 9.67. The van der Waals surface area contributed by atoms with Gasteiger partial charge in [-0.05, 0) is 55.8 Å². The van der Waals surface area contributed by atoms with Crippen molar-refractivity contribution in [2.24, 2.45) is 0 Å². The normalized spacial score (nSPS) is 10.7. The minimum Gasteiger partial charge on any atom is -0.497 e. The number of aromatic amines is 1. The Bertz CT molecular complexity index is 1300. The van der Waals surface area contributed by atoms with E-state index in [0.29, 0.717) is 28.9 Å². The molecule has 1 amide bonds. The fraction of sp³-hybridized carbons (Fsp3) is 0.217. The van der Waals surface area contributed by atoms with Gasteiger partial charge in [0.2, 0.25) is 11.1 Å². The summed E-state index contributed by atoms with van der Waals surface area (Å²) in [7, 11) is 1.61. The summed E-state index contributed by atoms with van der Waals surface area (Å²) in [5.74, 6) is 2.38. The topological polar surface area (TPSA) is 122 Å². The van der Waals surface area contributed by atoms with Gasteiger partial charge in [0, 0.05) is 11.3 Å². The molecule has 0 fully saturated rings. The van der Waals surface area contributed by atoms with Crippen LogP contribution in [0.4, 0.5) is 5.82 Å². The Balaban J connectivity index is 1.45. The molecule has 3 heterocycles. The van der Waals surface area contributed by atoms with Crippen LogP contribution >= 0.6 is 11.8 Å². The van der Waals surface area contributed by atoms with Crippen molar-refractivity contribution < 1.29 is 13.9 Å². The first kappa shape index (κ1) is 22.2. The predicted molar refractivity (Wildman–Crippen MR) is 124 cm³/mol. The molecule has 4 aromatic rings. The second-order valence-electron chi connectivity index (χ2n) is 7.24. The number of ether oxygens (including phenoxy) is 1. The van der Waals surface area contributed by atoms with E-state index in [1.807, 2.05) is 48.7 Å². The molecule has 0 saturated heterocycles. The number of carbonyl (C=O) groups is 1. The lowest BCUT2D eigenvalue weighted by Crippen LogP contribution is -2.18. The molecule has 2 N–H and O–H groups in total. The average molecular weight is 463 g/mol. The van der Waals surface area contributed by atoms with Gasteiger partial charge in [0.1, 0.15) is 23.4 Å². The zero-order valence-electron chi connectivity index (χ0n) is 18.4. The van der Waals surface area contributed by atoms with Crippen molar-refractivity contribution in [3.63, 3.8) is 0 Å². The van der Waals surface area contributed by atoms with Crippen molar-refractivity contribution in [3.8, 4) is 23.2 Å². The molecular formula is C23H22N6O3S. The van der Waals surface area contributed by atoms with Crippen LogP contribution in [0.5, 0.6) is 5.75 Å². The van der Waals surface area contributed by atoms with Crippen LogP contribution < -0.4 is 10.1 Å². The standard InChI is InChI=1S/C23H22N6O3S/c1-14-15(2)29(12-18-5-4-10-32-18)22(19(14)11-24)25-20(30)13-33-23-26-21(27-28-23)16-6-8-17(31-3)9-7-16/h4-10H,12-13H2,1-3H3,(H,25,30)(H,26,27,28). The number of thioether (sulfide) groups is 1. The number of nitriles is 1. The molecule has 0 spiro atoms. The van der Waals surface area contributed by atoms with Crippen molar-refractivity contribution in [3.05, 3.63) is 65.2 Å². The smallest absolute Gasteiger partial charge is 0.235 e. The van der Waals surface area contributed by atoms with Crippen LogP contribution in [-0.4, -0.2) is 38.5 Å². The number of aromatic nitrogens is 4. The van der Waals surface area contributed by atoms with Gasteiger partial charge in [0.25, 0.3) is 0 Å². The largest absolute Gasteiger partial charge is 0.497 e. The number of carbonyl (C=O) groups excluding carboxylic acids is 1. The molecule has 10 heteroatoms. The van der Waals surface area contributed by atoms with Gasteiger partial charge in [0.05, 0.1) is 31.2 Å². The van der Waals surface area contributed by atoms with Gasteiger partial charge < -0.3 is 19.0 Å². The molecule has 0 unspecified atom stereocenters. The Morgan fingerprint density at radius 3 is 2.76 bits per heavy atom. The van der Waals surface area contributed by atoms with E-state index >= 15 is 0 Å². The molecule has 168 valence electrons. The Morgan fingerprint density at radius 2 is 2.09 bits per heavy atom. The van der Waals surface area contributed by atoms with Gasteiger partial charge in [-0.3, -0.25) is 9.89 Å². The summed E-state index contributed by atoms with van der Waals surface area (Å²) in [6.45, 7) is 4.19. The monoisotopic (exact) mass is 462 g/mol. The summed E-state index contributed by atoms with van der Waals surface area (Å²) in [6, 6.07) is 13.3. The number of rotatable bonds is 8. The summed E-state index contributed by atoms with van der Waals surface area (Å²) in [5, 5.41) is 20.1. The summed E-state index contributed by atoms with van der Waals surface area (Å²) in [5.41, 5.74) is 3.02. The molecule has 9 nitrogen and oxygen atoms in total. The summed E-state index contributed by atoms with van der Waals surface area (Å²) in [4.78, 5) is 17.2. The molecule has 0 atom stereocenters. The molecule has 4 rings (SSSR count). The van der Waals surface area contributed by atoms with Crippen LogP contribution in [0.3, 0.4) is 0 Å². The highest BCUT2D eigenvalue weighted by Crippen LogP contribution is 2.28. The molecule has 0 bridgehead atoms. The van der Waals surface area contributed by atoms with Crippen molar-refractivity contribution in [1.29, 1.82) is 5.26 Å². The molecule has 33 heavy (non-hydrogen) atoms. The number of furan rings is 1. The zero-order chi connectivity index (χ0) is 23.4. The van der Waals surface area contributed by atoms with Gasteiger partial charge in [-0.2, -0.15) is 5.26 Å². The predicted octanol–water partition coefficient (Wildman–Crippen LogP) is 4.14. The number of nitrogens with zero attached hydrogens (tertiary/aromatic N) is 4. The average Bonchev–Trinajstić information content (AvgIpc) is 3.56. The lowest BCUT2D eigenvalue weighted by molar-refractivity contribution is -0.113. The van der Waals surface area contributed by atoms with E-state index < -0.39 is 0 Å². The van der Waals surface area contributed by atoms with E-state index in [9.17, 15) is 10.1 Å². The number of amides is 1. The first-order valence-corrected chi connectivity index (χ1v) is 11.1. The summed E-state index contributed by atoms with van der Waals surface area (Å²) < 4.78 is 12.5. The van der Waals surface area contributed by atoms with Gasteiger partial charge >= 0.3 is 0 Å². The van der Waals surface area contributed by atoms with Crippen LogP contribution in [-0.2, 0) is 11.3 Å².